The van der Waals surface area contributed by atoms with Gasteiger partial charge >= 0.3 is 0 Å². The molecule has 0 nitrogen and oxygen atoms in total. The second-order valence-corrected chi connectivity index (χ2v) is 7.51. The number of hydrogen-bond donors (Lipinski definition) is 0. The first-order valence-corrected chi connectivity index (χ1v) is 8.57. The molecule has 0 aliphatic heterocycles. The predicted octanol–water partition coefficient (Wildman–Crippen LogP) is 6.92. The molecule has 2 aromatic carbocycles. The maximum Gasteiger partial charge on any atom is 0.0857 e. The number of hydrogen-bond acceptors (Lipinski definition) is 0. The molecular weight excluding hydrogens is 455 g/mol. The molecule has 0 bridgehead atoms. The van der Waals surface area contributed by atoms with Crippen LogP contribution in [0.5, 0.6) is 0 Å². The van der Waals surface area contributed by atoms with Crippen LogP contribution >= 0.6 is 59.4 Å². The van der Waals surface area contributed by atoms with Crippen molar-refractivity contribution < 1.29 is 0 Å². The molecule has 2 rings (SSSR count). The monoisotopic (exact) mass is 464 g/mol. The molecule has 0 aliphatic carbocycles. The fourth-order valence-electron chi connectivity index (χ4n) is 1.86. The molecule has 0 heterocycles. The van der Waals surface area contributed by atoms with E-state index in [1.54, 1.807) is 0 Å². The minimum atomic E-state index is -0.193. The van der Waals surface area contributed by atoms with Gasteiger partial charge in [-0.25, -0.2) is 0 Å². The summed E-state index contributed by atoms with van der Waals surface area (Å²) >= 11 is 17.4. The Kier molecular flexibility index (Phi) is 5.15. The van der Waals surface area contributed by atoms with Crippen molar-refractivity contribution in [1.29, 1.82) is 0 Å². The minimum absolute atomic E-state index is 0.193. The largest absolute Gasteiger partial charge is 0.113 e. The molecule has 0 fully saturated rings. The van der Waals surface area contributed by atoms with Gasteiger partial charge in [0, 0.05) is 13.4 Å². The maximum absolute atomic E-state index is 6.64. The van der Waals surface area contributed by atoms with Crippen LogP contribution in [0.1, 0.15) is 27.6 Å². The van der Waals surface area contributed by atoms with Crippen LogP contribution in [-0.2, 0) is 0 Å². The fourth-order valence-corrected chi connectivity index (χ4v) is 4.27. The van der Waals surface area contributed by atoms with E-state index < -0.39 is 0 Å². The van der Waals surface area contributed by atoms with Crippen LogP contribution in [-0.4, -0.2) is 0 Å². The molecule has 2 aromatic rings. The zero-order chi connectivity index (χ0) is 14.2. The lowest BCUT2D eigenvalue weighted by molar-refractivity contribution is 1.10. The van der Waals surface area contributed by atoms with Crippen LogP contribution in [0.3, 0.4) is 0 Å². The molecule has 100 valence electrons. The van der Waals surface area contributed by atoms with E-state index in [4.69, 9.17) is 11.6 Å². The summed E-state index contributed by atoms with van der Waals surface area (Å²) in [5, 5.41) is -0.193. The molecule has 0 N–H and O–H groups in total. The fraction of sp³-hybridized carbons (Fsp3) is 0.200. The molecule has 19 heavy (non-hydrogen) atoms. The van der Waals surface area contributed by atoms with Crippen molar-refractivity contribution in [2.24, 2.45) is 0 Å². The van der Waals surface area contributed by atoms with E-state index >= 15 is 0 Å². The minimum Gasteiger partial charge on any atom is -0.113 e. The summed E-state index contributed by atoms with van der Waals surface area (Å²) in [7, 11) is 0. The summed E-state index contributed by atoms with van der Waals surface area (Å²) < 4.78 is 3.14. The quantitative estimate of drug-likeness (QED) is 0.421. The van der Waals surface area contributed by atoms with Crippen molar-refractivity contribution in [3.63, 3.8) is 0 Å². The van der Waals surface area contributed by atoms with Crippen molar-refractivity contribution in [2.45, 2.75) is 19.2 Å². The van der Waals surface area contributed by atoms with Gasteiger partial charge in [0.05, 0.1) is 5.38 Å². The third-order valence-electron chi connectivity index (χ3n) is 2.98. The van der Waals surface area contributed by atoms with Gasteiger partial charge < -0.3 is 0 Å². The van der Waals surface area contributed by atoms with Gasteiger partial charge in [-0.15, -0.1) is 11.6 Å². The van der Waals surface area contributed by atoms with Gasteiger partial charge in [-0.1, -0.05) is 59.9 Å². The number of alkyl halides is 1. The molecule has 0 spiro atoms. The molecular formula is C15H12Br3Cl. The molecule has 0 aromatic heterocycles. The first-order chi connectivity index (χ1) is 8.90. The summed E-state index contributed by atoms with van der Waals surface area (Å²) in [4.78, 5) is 0. The molecule has 1 unspecified atom stereocenters. The predicted molar refractivity (Wildman–Crippen MR) is 93.2 cm³/mol. The third kappa shape index (κ3) is 3.44. The highest BCUT2D eigenvalue weighted by Gasteiger charge is 2.17. The first-order valence-electron chi connectivity index (χ1n) is 5.76. The molecule has 0 amide bonds. The van der Waals surface area contributed by atoms with Crippen molar-refractivity contribution in [1.82, 2.24) is 0 Å². The summed E-state index contributed by atoms with van der Waals surface area (Å²) in [6, 6.07) is 10.4. The Morgan fingerprint density at radius 1 is 0.842 bits per heavy atom. The van der Waals surface area contributed by atoms with E-state index in [1.807, 2.05) is 0 Å². The van der Waals surface area contributed by atoms with Crippen LogP contribution in [0.15, 0.2) is 43.7 Å². The summed E-state index contributed by atoms with van der Waals surface area (Å²) in [6.07, 6.45) is 0. The first kappa shape index (κ1) is 15.6. The summed E-state index contributed by atoms with van der Waals surface area (Å²) in [6.45, 7) is 4.12. The van der Waals surface area contributed by atoms with E-state index in [1.165, 1.54) is 11.1 Å². The van der Waals surface area contributed by atoms with Gasteiger partial charge in [0.15, 0.2) is 0 Å². The Morgan fingerprint density at radius 2 is 1.47 bits per heavy atom. The van der Waals surface area contributed by atoms with Crippen molar-refractivity contribution in [3.05, 3.63) is 66.0 Å². The lowest BCUT2D eigenvalue weighted by atomic mass is 10.0. The molecule has 0 aliphatic rings. The second-order valence-electron chi connectivity index (χ2n) is 4.51. The van der Waals surface area contributed by atoms with Gasteiger partial charge in [0.2, 0.25) is 0 Å². The molecule has 0 saturated carbocycles. The second kappa shape index (κ2) is 6.30. The Bertz CT molecular complexity index is 623. The maximum atomic E-state index is 6.64. The Morgan fingerprint density at radius 3 is 2.11 bits per heavy atom. The lowest BCUT2D eigenvalue weighted by Crippen LogP contribution is -1.97. The van der Waals surface area contributed by atoms with Crippen molar-refractivity contribution in [3.8, 4) is 0 Å². The van der Waals surface area contributed by atoms with Crippen LogP contribution in [0.2, 0.25) is 0 Å². The number of rotatable bonds is 2. The van der Waals surface area contributed by atoms with Gasteiger partial charge in [-0.05, 0) is 54.3 Å². The lowest BCUT2D eigenvalue weighted by Gasteiger charge is -2.16. The van der Waals surface area contributed by atoms with Crippen LogP contribution in [0.4, 0.5) is 0 Å². The smallest absolute Gasteiger partial charge is 0.0857 e. The topological polar surface area (TPSA) is 0 Å². The Hall–Kier alpha value is 0.170. The SMILES string of the molecule is Cc1ccc(C(Cl)c2cc(Br)c(C)cc2Br)c(Br)c1. The van der Waals surface area contributed by atoms with Gasteiger partial charge in [0.1, 0.15) is 0 Å². The zero-order valence-electron chi connectivity index (χ0n) is 10.5. The number of halogens is 4. The van der Waals surface area contributed by atoms with Crippen molar-refractivity contribution in [2.75, 3.05) is 0 Å². The average molecular weight is 467 g/mol. The molecule has 0 radical (unpaired) electrons. The Balaban J connectivity index is 2.49. The highest BCUT2D eigenvalue weighted by molar-refractivity contribution is 9.11. The highest BCUT2D eigenvalue weighted by atomic mass is 79.9. The zero-order valence-corrected chi connectivity index (χ0v) is 16.0. The number of aryl methyl sites for hydroxylation is 2. The van der Waals surface area contributed by atoms with E-state index in [0.29, 0.717) is 0 Å². The third-order valence-corrected chi connectivity index (χ3v) is 5.68. The van der Waals surface area contributed by atoms with E-state index in [9.17, 15) is 0 Å². The Labute approximate surface area is 143 Å². The van der Waals surface area contributed by atoms with Gasteiger partial charge in [-0.3, -0.25) is 0 Å². The summed E-state index contributed by atoms with van der Waals surface area (Å²) in [5.74, 6) is 0. The number of benzene rings is 2. The van der Waals surface area contributed by atoms with Crippen LogP contribution in [0, 0.1) is 13.8 Å². The van der Waals surface area contributed by atoms with Crippen molar-refractivity contribution >= 4 is 59.4 Å². The average Bonchev–Trinajstić information content (AvgIpc) is 2.33. The van der Waals surface area contributed by atoms with Gasteiger partial charge in [0.25, 0.3) is 0 Å². The normalized spacial score (nSPS) is 12.5. The summed E-state index contributed by atoms with van der Waals surface area (Å²) in [5.41, 5.74) is 4.53. The molecule has 0 saturated heterocycles. The van der Waals surface area contributed by atoms with Crippen LogP contribution in [0.25, 0.3) is 0 Å². The van der Waals surface area contributed by atoms with E-state index in [0.717, 1.165) is 24.5 Å². The van der Waals surface area contributed by atoms with E-state index in [-0.39, 0.29) is 5.38 Å². The molecule has 4 heteroatoms. The van der Waals surface area contributed by atoms with E-state index in [2.05, 4.69) is 92.0 Å². The van der Waals surface area contributed by atoms with Gasteiger partial charge in [-0.2, -0.15) is 0 Å². The molecule has 1 atom stereocenters. The standard InChI is InChI=1S/C15H12Br3Cl/c1-8-3-4-10(13(17)5-8)15(19)11-7-12(16)9(2)6-14(11)18/h3-7,15H,1-2H3. The highest BCUT2D eigenvalue weighted by Crippen LogP contribution is 2.39. The van der Waals surface area contributed by atoms with Crippen LogP contribution < -0.4 is 0 Å².